The number of aromatic nitrogens is 2. The van der Waals surface area contributed by atoms with E-state index in [1.807, 2.05) is 0 Å². The molecule has 0 bridgehead atoms. The van der Waals surface area contributed by atoms with Gasteiger partial charge < -0.3 is 15.2 Å². The monoisotopic (exact) mass is 532 g/mol. The fourth-order valence-electron chi connectivity index (χ4n) is 5.72. The quantitative estimate of drug-likeness (QED) is 0.423. The minimum atomic E-state index is -1.15. The van der Waals surface area contributed by atoms with Gasteiger partial charge in [0.2, 0.25) is 0 Å². The highest BCUT2D eigenvalue weighted by Crippen LogP contribution is 2.32. The molecule has 1 aromatic carbocycles. The molecule has 2 aliphatic carbocycles. The molecule has 1 aromatic heterocycles. The molecule has 0 spiro atoms. The number of nitrogens with one attached hydrogen (secondary N) is 1. The van der Waals surface area contributed by atoms with E-state index in [0.29, 0.717) is 11.2 Å². The summed E-state index contributed by atoms with van der Waals surface area (Å²) in [4.78, 5) is 51.8. The Morgan fingerprint density at radius 3 is 2.42 bits per heavy atom. The highest BCUT2D eigenvalue weighted by Gasteiger charge is 2.25. The Labute approximate surface area is 220 Å². The van der Waals surface area contributed by atoms with Gasteiger partial charge in [-0.2, -0.15) is 0 Å². The molecule has 2 N–H and O–H groups in total. The first-order valence-corrected chi connectivity index (χ1v) is 13.6. The maximum atomic E-state index is 15.2. The zero-order chi connectivity index (χ0) is 27.2. The van der Waals surface area contributed by atoms with Crippen molar-refractivity contribution >= 4 is 28.5 Å². The molecule has 2 saturated carbocycles. The van der Waals surface area contributed by atoms with Gasteiger partial charge in [-0.05, 0) is 44.7 Å². The van der Waals surface area contributed by atoms with Gasteiger partial charge in [-0.3, -0.25) is 28.4 Å². The lowest BCUT2D eigenvalue weighted by atomic mass is 9.95. The van der Waals surface area contributed by atoms with Crippen LogP contribution in [0.4, 0.5) is 10.1 Å². The van der Waals surface area contributed by atoms with E-state index >= 15 is 4.39 Å². The van der Waals surface area contributed by atoms with Crippen LogP contribution in [0.25, 0.3) is 10.9 Å². The van der Waals surface area contributed by atoms with Crippen LogP contribution in [0.15, 0.2) is 21.7 Å². The third-order valence-corrected chi connectivity index (χ3v) is 7.57. The average molecular weight is 533 g/mol. The second kappa shape index (κ2) is 12.6. The molecule has 2 fully saturated rings. The fraction of sp³-hybridized carbons (Fsp3) is 0.630. The molecule has 0 unspecified atom stereocenters. The molecule has 0 saturated heterocycles. The summed E-state index contributed by atoms with van der Waals surface area (Å²) >= 11 is 0. The van der Waals surface area contributed by atoms with Crippen molar-refractivity contribution in [3.63, 3.8) is 0 Å². The van der Waals surface area contributed by atoms with Crippen molar-refractivity contribution in [1.29, 1.82) is 0 Å². The third kappa shape index (κ3) is 6.43. The third-order valence-electron chi connectivity index (χ3n) is 7.57. The lowest BCUT2D eigenvalue weighted by Gasteiger charge is -2.25. The SMILES string of the molecule is CCOC(=O)CN(CCn1c(=O)c2cc(F)c(NC3CCCCC3)cc2n(C2CCCC2)c1=O)CC(=O)O. The van der Waals surface area contributed by atoms with E-state index in [-0.39, 0.29) is 43.7 Å². The van der Waals surface area contributed by atoms with E-state index in [0.717, 1.165) is 55.9 Å². The van der Waals surface area contributed by atoms with E-state index in [2.05, 4.69) is 5.32 Å². The summed E-state index contributed by atoms with van der Waals surface area (Å²) in [6, 6.07) is 2.85. The number of nitrogens with zero attached hydrogens (tertiary/aromatic N) is 3. The number of hydrogen-bond acceptors (Lipinski definition) is 7. The summed E-state index contributed by atoms with van der Waals surface area (Å²) in [5.74, 6) is -2.29. The topological polar surface area (TPSA) is 123 Å². The van der Waals surface area contributed by atoms with Crippen molar-refractivity contribution in [3.8, 4) is 0 Å². The van der Waals surface area contributed by atoms with Crippen molar-refractivity contribution in [2.45, 2.75) is 83.3 Å². The standard InChI is InChI=1S/C27H37FN4O6/c1-2-38-25(35)17-30(16-24(33)34)12-13-31-26(36)20-14-21(28)22(29-18-8-4-3-5-9-18)15-23(20)32(27(31)37)19-10-6-7-11-19/h14-15,18-19,29H,2-13,16-17H2,1H3,(H,33,34). The summed E-state index contributed by atoms with van der Waals surface area (Å²) in [5.41, 5.74) is -0.420. The molecular formula is C27H37FN4O6. The molecule has 208 valence electrons. The van der Waals surface area contributed by atoms with Crippen LogP contribution in [0.3, 0.4) is 0 Å². The molecule has 0 amide bonds. The molecule has 1 heterocycles. The number of benzene rings is 1. The van der Waals surface area contributed by atoms with Crippen molar-refractivity contribution in [2.75, 3.05) is 31.6 Å². The average Bonchev–Trinajstić information content (AvgIpc) is 3.40. The summed E-state index contributed by atoms with van der Waals surface area (Å²) in [5, 5.41) is 12.7. The molecular weight excluding hydrogens is 495 g/mol. The number of carboxylic acids is 1. The number of carbonyl (C=O) groups is 2. The predicted octanol–water partition coefficient (Wildman–Crippen LogP) is 3.11. The van der Waals surface area contributed by atoms with E-state index in [9.17, 15) is 24.3 Å². The summed E-state index contributed by atoms with van der Waals surface area (Å²) in [7, 11) is 0. The van der Waals surface area contributed by atoms with E-state index in [1.165, 1.54) is 17.4 Å². The van der Waals surface area contributed by atoms with Gasteiger partial charge in [0.25, 0.3) is 5.56 Å². The maximum Gasteiger partial charge on any atom is 0.331 e. The summed E-state index contributed by atoms with van der Waals surface area (Å²) < 4.78 is 22.8. The van der Waals surface area contributed by atoms with Gasteiger partial charge in [-0.25, -0.2) is 9.18 Å². The molecule has 0 atom stereocenters. The number of fused-ring (bicyclic) bond motifs is 1. The van der Waals surface area contributed by atoms with E-state index < -0.39 is 35.5 Å². The maximum absolute atomic E-state index is 15.2. The Balaban J connectivity index is 1.72. The van der Waals surface area contributed by atoms with Crippen LogP contribution < -0.4 is 16.6 Å². The summed E-state index contributed by atoms with van der Waals surface area (Å²) in [6.07, 6.45) is 8.71. The van der Waals surface area contributed by atoms with Crippen LogP contribution in [0, 0.1) is 5.82 Å². The Morgan fingerprint density at radius 2 is 1.76 bits per heavy atom. The van der Waals surface area contributed by atoms with Gasteiger partial charge in [0.15, 0.2) is 0 Å². The van der Waals surface area contributed by atoms with E-state index in [4.69, 9.17) is 4.74 Å². The van der Waals surface area contributed by atoms with Crippen LogP contribution in [0.1, 0.15) is 70.8 Å². The number of ether oxygens (including phenoxy) is 1. The summed E-state index contributed by atoms with van der Waals surface area (Å²) in [6.45, 7) is 0.873. The molecule has 0 aliphatic heterocycles. The number of halogens is 1. The molecule has 2 aromatic rings. The molecule has 38 heavy (non-hydrogen) atoms. The van der Waals surface area contributed by atoms with Crippen LogP contribution in [-0.4, -0.2) is 63.4 Å². The minimum Gasteiger partial charge on any atom is -0.480 e. The highest BCUT2D eigenvalue weighted by molar-refractivity contribution is 5.82. The molecule has 10 nitrogen and oxygen atoms in total. The second-order valence-electron chi connectivity index (χ2n) is 10.3. The Bertz CT molecular complexity index is 1280. The lowest BCUT2D eigenvalue weighted by Crippen LogP contribution is -2.45. The van der Waals surface area contributed by atoms with Crippen LogP contribution >= 0.6 is 0 Å². The largest absolute Gasteiger partial charge is 0.480 e. The smallest absolute Gasteiger partial charge is 0.331 e. The first-order chi connectivity index (χ1) is 18.3. The fourth-order valence-corrected chi connectivity index (χ4v) is 5.72. The van der Waals surface area contributed by atoms with Crippen molar-refractivity contribution < 1.29 is 23.8 Å². The number of esters is 1. The van der Waals surface area contributed by atoms with Gasteiger partial charge in [0, 0.05) is 25.2 Å². The van der Waals surface area contributed by atoms with Gasteiger partial charge in [0.1, 0.15) is 5.82 Å². The molecule has 2 aliphatic rings. The predicted molar refractivity (Wildman–Crippen MR) is 141 cm³/mol. The molecule has 11 heteroatoms. The highest BCUT2D eigenvalue weighted by atomic mass is 19.1. The zero-order valence-electron chi connectivity index (χ0n) is 21.9. The second-order valence-corrected chi connectivity index (χ2v) is 10.3. The zero-order valence-corrected chi connectivity index (χ0v) is 21.9. The van der Waals surface area contributed by atoms with Crippen molar-refractivity contribution in [2.24, 2.45) is 0 Å². The first kappa shape index (κ1) is 27.8. The number of aliphatic carboxylic acids is 1. The van der Waals surface area contributed by atoms with Gasteiger partial charge >= 0.3 is 17.6 Å². The number of anilines is 1. The number of carboxylic acid groups (broad SMARTS) is 1. The van der Waals surface area contributed by atoms with Crippen molar-refractivity contribution in [3.05, 3.63) is 38.8 Å². The van der Waals surface area contributed by atoms with Crippen molar-refractivity contribution in [1.82, 2.24) is 14.0 Å². The number of carbonyl (C=O) groups excluding carboxylic acids is 1. The molecule has 0 radical (unpaired) electrons. The Morgan fingerprint density at radius 1 is 1.08 bits per heavy atom. The normalized spacial score (nSPS) is 16.8. The minimum absolute atomic E-state index is 0.0414. The van der Waals surface area contributed by atoms with Gasteiger partial charge in [-0.15, -0.1) is 0 Å². The lowest BCUT2D eigenvalue weighted by molar-refractivity contribution is -0.146. The van der Waals surface area contributed by atoms with Crippen LogP contribution in [-0.2, 0) is 20.9 Å². The van der Waals surface area contributed by atoms with Gasteiger partial charge in [-0.1, -0.05) is 32.1 Å². The first-order valence-electron chi connectivity index (χ1n) is 13.6. The van der Waals surface area contributed by atoms with E-state index in [1.54, 1.807) is 17.6 Å². The number of hydrogen-bond donors (Lipinski definition) is 2. The van der Waals surface area contributed by atoms with Crippen LogP contribution in [0.5, 0.6) is 0 Å². The van der Waals surface area contributed by atoms with Crippen LogP contribution in [0.2, 0.25) is 0 Å². The number of rotatable bonds is 11. The Hall–Kier alpha value is -3.21. The molecule has 4 rings (SSSR count). The Kier molecular flexibility index (Phi) is 9.19. The van der Waals surface area contributed by atoms with Gasteiger partial charge in [0.05, 0.1) is 36.3 Å².